The predicted octanol–water partition coefficient (Wildman–Crippen LogP) is 2.08. The van der Waals surface area contributed by atoms with Gasteiger partial charge >= 0.3 is 0 Å². The number of hydrogen-bond donors (Lipinski definition) is 0. The van der Waals surface area contributed by atoms with Gasteiger partial charge < -0.3 is 14.5 Å². The zero-order valence-electron chi connectivity index (χ0n) is 17.9. The summed E-state index contributed by atoms with van der Waals surface area (Å²) in [6.45, 7) is 12.6. The van der Waals surface area contributed by atoms with Gasteiger partial charge in [-0.25, -0.2) is 0 Å². The van der Waals surface area contributed by atoms with Crippen LogP contribution in [0.5, 0.6) is 0 Å². The summed E-state index contributed by atoms with van der Waals surface area (Å²) in [7, 11) is 0. The first-order valence-electron chi connectivity index (χ1n) is 10.4. The smallest absolute Gasteiger partial charge is 0.236 e. The molecule has 2 aliphatic heterocycles. The SMILES string of the molecule is CC(C)(C)c1ccc(SCC(=O)N2CCN(C(=O)CN3CCOCC3)CC2)cc1. The third-order valence-electron chi connectivity index (χ3n) is 5.53. The van der Waals surface area contributed by atoms with Crippen molar-refractivity contribution in [1.82, 2.24) is 14.7 Å². The zero-order valence-corrected chi connectivity index (χ0v) is 18.7. The summed E-state index contributed by atoms with van der Waals surface area (Å²) in [6, 6.07) is 8.48. The molecule has 6 nitrogen and oxygen atoms in total. The zero-order chi connectivity index (χ0) is 20.9. The van der Waals surface area contributed by atoms with Crippen molar-refractivity contribution in [3.05, 3.63) is 29.8 Å². The summed E-state index contributed by atoms with van der Waals surface area (Å²) in [5.41, 5.74) is 1.43. The van der Waals surface area contributed by atoms with E-state index in [1.54, 1.807) is 11.8 Å². The number of amides is 2. The van der Waals surface area contributed by atoms with Crippen LogP contribution >= 0.6 is 11.8 Å². The van der Waals surface area contributed by atoms with Crippen LogP contribution in [-0.4, -0.2) is 91.3 Å². The lowest BCUT2D eigenvalue weighted by Gasteiger charge is -2.36. The Bertz CT molecular complexity index is 688. The van der Waals surface area contributed by atoms with E-state index in [1.165, 1.54) is 5.56 Å². The lowest BCUT2D eigenvalue weighted by atomic mass is 9.87. The van der Waals surface area contributed by atoms with Crippen molar-refractivity contribution in [1.29, 1.82) is 0 Å². The van der Waals surface area contributed by atoms with Crippen LogP contribution < -0.4 is 0 Å². The van der Waals surface area contributed by atoms with Gasteiger partial charge in [-0.1, -0.05) is 32.9 Å². The number of morpholine rings is 1. The highest BCUT2D eigenvalue weighted by molar-refractivity contribution is 8.00. The van der Waals surface area contributed by atoms with Crippen LogP contribution in [-0.2, 0) is 19.7 Å². The summed E-state index contributed by atoms with van der Waals surface area (Å²) < 4.78 is 5.33. The van der Waals surface area contributed by atoms with Gasteiger partial charge in [-0.05, 0) is 23.1 Å². The molecule has 160 valence electrons. The standard InChI is InChI=1S/C22H33N3O3S/c1-22(2,3)18-4-6-19(7-5-18)29-17-21(27)25-10-8-24(9-11-25)20(26)16-23-12-14-28-15-13-23/h4-7H,8-17H2,1-3H3. The summed E-state index contributed by atoms with van der Waals surface area (Å²) in [5.74, 6) is 0.749. The van der Waals surface area contributed by atoms with Gasteiger partial charge in [-0.15, -0.1) is 11.8 Å². The Hall–Kier alpha value is -1.57. The van der Waals surface area contributed by atoms with E-state index < -0.39 is 0 Å². The number of rotatable bonds is 5. The molecular formula is C22H33N3O3S. The molecule has 2 saturated heterocycles. The minimum absolute atomic E-state index is 0.137. The van der Waals surface area contributed by atoms with Gasteiger partial charge in [0.05, 0.1) is 25.5 Å². The van der Waals surface area contributed by atoms with E-state index in [-0.39, 0.29) is 17.2 Å². The van der Waals surface area contributed by atoms with Crippen LogP contribution in [0.2, 0.25) is 0 Å². The fourth-order valence-corrected chi connectivity index (χ4v) is 4.34. The molecule has 2 fully saturated rings. The molecule has 2 amide bonds. The third-order valence-corrected chi connectivity index (χ3v) is 6.53. The summed E-state index contributed by atoms with van der Waals surface area (Å²) in [4.78, 5) is 32.1. The van der Waals surface area contributed by atoms with Crippen molar-refractivity contribution in [3.8, 4) is 0 Å². The fourth-order valence-electron chi connectivity index (χ4n) is 3.54. The highest BCUT2D eigenvalue weighted by Gasteiger charge is 2.25. The summed E-state index contributed by atoms with van der Waals surface area (Å²) in [6.07, 6.45) is 0. The number of benzene rings is 1. The molecule has 0 saturated carbocycles. The Balaban J connectivity index is 1.40. The Kier molecular flexibility index (Phi) is 7.60. The highest BCUT2D eigenvalue weighted by Crippen LogP contribution is 2.25. The Morgan fingerprint density at radius 2 is 1.45 bits per heavy atom. The van der Waals surface area contributed by atoms with E-state index in [9.17, 15) is 9.59 Å². The van der Waals surface area contributed by atoms with E-state index in [2.05, 4.69) is 49.9 Å². The van der Waals surface area contributed by atoms with E-state index in [4.69, 9.17) is 4.74 Å². The van der Waals surface area contributed by atoms with Crippen molar-refractivity contribution in [2.24, 2.45) is 0 Å². The van der Waals surface area contributed by atoms with Crippen LogP contribution in [0.15, 0.2) is 29.2 Å². The van der Waals surface area contributed by atoms with Crippen molar-refractivity contribution in [2.45, 2.75) is 31.1 Å². The molecule has 2 aliphatic rings. The molecule has 0 spiro atoms. The number of carbonyl (C=O) groups excluding carboxylic acids is 2. The molecule has 0 aliphatic carbocycles. The molecule has 0 N–H and O–H groups in total. The number of hydrogen-bond acceptors (Lipinski definition) is 5. The molecular weight excluding hydrogens is 386 g/mol. The van der Waals surface area contributed by atoms with Crippen molar-refractivity contribution in [2.75, 3.05) is 64.8 Å². The maximum atomic E-state index is 12.6. The Labute approximate surface area is 178 Å². The molecule has 0 unspecified atom stereocenters. The predicted molar refractivity (Wildman–Crippen MR) is 116 cm³/mol. The number of piperazine rings is 1. The van der Waals surface area contributed by atoms with E-state index in [0.29, 0.717) is 51.7 Å². The number of nitrogens with zero attached hydrogens (tertiary/aromatic N) is 3. The van der Waals surface area contributed by atoms with Crippen molar-refractivity contribution in [3.63, 3.8) is 0 Å². The fraction of sp³-hybridized carbons (Fsp3) is 0.636. The van der Waals surface area contributed by atoms with Crippen LogP contribution in [0, 0.1) is 0 Å². The van der Waals surface area contributed by atoms with Gasteiger partial charge in [0.1, 0.15) is 0 Å². The molecule has 0 atom stereocenters. The van der Waals surface area contributed by atoms with E-state index >= 15 is 0 Å². The van der Waals surface area contributed by atoms with E-state index in [0.717, 1.165) is 18.0 Å². The second-order valence-electron chi connectivity index (χ2n) is 8.71. The molecule has 3 rings (SSSR count). The van der Waals surface area contributed by atoms with Crippen LogP contribution in [0.25, 0.3) is 0 Å². The molecule has 29 heavy (non-hydrogen) atoms. The summed E-state index contributed by atoms with van der Waals surface area (Å²) >= 11 is 1.58. The van der Waals surface area contributed by atoms with Gasteiger partial charge in [0, 0.05) is 44.2 Å². The van der Waals surface area contributed by atoms with Crippen LogP contribution in [0.1, 0.15) is 26.3 Å². The molecule has 0 aromatic heterocycles. The average Bonchev–Trinajstić information content (AvgIpc) is 2.72. The number of carbonyl (C=O) groups is 2. The number of thioether (sulfide) groups is 1. The lowest BCUT2D eigenvalue weighted by molar-refractivity contribution is -0.139. The first-order chi connectivity index (χ1) is 13.8. The monoisotopic (exact) mass is 419 g/mol. The minimum Gasteiger partial charge on any atom is -0.379 e. The first-order valence-corrected chi connectivity index (χ1v) is 11.4. The average molecular weight is 420 g/mol. The van der Waals surface area contributed by atoms with Gasteiger partial charge in [0.15, 0.2) is 0 Å². The summed E-state index contributed by atoms with van der Waals surface area (Å²) in [5, 5.41) is 0. The van der Waals surface area contributed by atoms with Gasteiger partial charge in [-0.3, -0.25) is 14.5 Å². The second-order valence-corrected chi connectivity index (χ2v) is 9.76. The quantitative estimate of drug-likeness (QED) is 0.684. The molecule has 0 bridgehead atoms. The van der Waals surface area contributed by atoms with Gasteiger partial charge in [0.25, 0.3) is 0 Å². The maximum absolute atomic E-state index is 12.6. The Morgan fingerprint density at radius 1 is 0.897 bits per heavy atom. The molecule has 7 heteroatoms. The van der Waals surface area contributed by atoms with Gasteiger partial charge in [-0.2, -0.15) is 0 Å². The van der Waals surface area contributed by atoms with Crippen LogP contribution in [0.4, 0.5) is 0 Å². The number of ether oxygens (including phenoxy) is 1. The normalized spacial score (nSPS) is 18.7. The molecule has 1 aromatic carbocycles. The topological polar surface area (TPSA) is 53.1 Å². The van der Waals surface area contributed by atoms with Crippen LogP contribution in [0.3, 0.4) is 0 Å². The molecule has 0 radical (unpaired) electrons. The highest BCUT2D eigenvalue weighted by atomic mass is 32.2. The Morgan fingerprint density at radius 3 is 2.00 bits per heavy atom. The van der Waals surface area contributed by atoms with E-state index in [1.807, 2.05) is 9.80 Å². The largest absolute Gasteiger partial charge is 0.379 e. The minimum atomic E-state index is 0.137. The second kappa shape index (κ2) is 9.96. The molecule has 1 aromatic rings. The first kappa shape index (κ1) is 22.1. The molecule has 2 heterocycles. The third kappa shape index (κ3) is 6.46. The van der Waals surface area contributed by atoms with Crippen molar-refractivity contribution < 1.29 is 14.3 Å². The maximum Gasteiger partial charge on any atom is 0.236 e. The lowest BCUT2D eigenvalue weighted by Crippen LogP contribution is -2.53. The van der Waals surface area contributed by atoms with Crippen molar-refractivity contribution >= 4 is 23.6 Å². The van der Waals surface area contributed by atoms with Gasteiger partial charge in [0.2, 0.25) is 11.8 Å².